The second-order valence-electron chi connectivity index (χ2n) is 2.97. The number of aliphatic hydroxyl groups is 1. The van der Waals surface area contributed by atoms with Crippen LogP contribution < -0.4 is 5.84 Å². The number of hydrogen-bond acceptors (Lipinski definition) is 3. The van der Waals surface area contributed by atoms with Crippen LogP contribution in [0.4, 0.5) is 0 Å². The van der Waals surface area contributed by atoms with Gasteiger partial charge in [0.05, 0.1) is 6.10 Å². The van der Waals surface area contributed by atoms with E-state index in [1.54, 1.807) is 0 Å². The molecule has 0 unspecified atom stereocenters. The highest BCUT2D eigenvalue weighted by atomic mass is 16.3. The molecule has 0 aromatic carbocycles. The van der Waals surface area contributed by atoms with E-state index in [0.717, 1.165) is 38.8 Å². The van der Waals surface area contributed by atoms with Crippen molar-refractivity contribution in [3.05, 3.63) is 0 Å². The van der Waals surface area contributed by atoms with E-state index in [2.05, 4.69) is 0 Å². The molecule has 0 aromatic heterocycles. The van der Waals surface area contributed by atoms with Gasteiger partial charge in [0.15, 0.2) is 0 Å². The van der Waals surface area contributed by atoms with Crippen molar-refractivity contribution in [2.75, 3.05) is 13.1 Å². The maximum atomic E-state index is 9.24. The lowest BCUT2D eigenvalue weighted by atomic mass is 10.1. The van der Waals surface area contributed by atoms with Gasteiger partial charge in [-0.15, -0.1) is 0 Å². The van der Waals surface area contributed by atoms with Gasteiger partial charge in [0.25, 0.3) is 0 Å². The molecular formula is C7H16N2O. The zero-order valence-corrected chi connectivity index (χ0v) is 6.29. The molecule has 0 saturated carbocycles. The molecule has 1 heterocycles. The molecule has 0 spiro atoms. The molecule has 0 radical (unpaired) electrons. The molecule has 0 bridgehead atoms. The van der Waals surface area contributed by atoms with Gasteiger partial charge in [0, 0.05) is 13.1 Å². The Morgan fingerprint density at radius 2 is 1.70 bits per heavy atom. The number of rotatable bonds is 0. The summed E-state index contributed by atoms with van der Waals surface area (Å²) in [5, 5.41) is 11.1. The zero-order valence-electron chi connectivity index (χ0n) is 6.29. The summed E-state index contributed by atoms with van der Waals surface area (Å²) in [5.41, 5.74) is 0. The SMILES string of the molecule is NN1CCCC(O)CCC1. The molecule has 0 aromatic rings. The molecule has 0 aliphatic carbocycles. The topological polar surface area (TPSA) is 49.5 Å². The third kappa shape index (κ3) is 2.64. The van der Waals surface area contributed by atoms with Crippen LogP contribution >= 0.6 is 0 Å². The first-order valence-corrected chi connectivity index (χ1v) is 3.97. The van der Waals surface area contributed by atoms with Crippen LogP contribution in [0.15, 0.2) is 0 Å². The Morgan fingerprint density at radius 1 is 1.20 bits per heavy atom. The number of nitrogens with two attached hydrogens (primary N) is 1. The van der Waals surface area contributed by atoms with E-state index in [9.17, 15) is 5.11 Å². The Hall–Kier alpha value is -0.120. The van der Waals surface area contributed by atoms with Gasteiger partial charge in [-0.3, -0.25) is 5.84 Å². The number of nitrogens with zero attached hydrogens (tertiary/aromatic N) is 1. The molecule has 0 atom stereocenters. The highest BCUT2D eigenvalue weighted by Crippen LogP contribution is 2.08. The first kappa shape index (κ1) is 7.98. The van der Waals surface area contributed by atoms with E-state index in [0.29, 0.717) is 0 Å². The fourth-order valence-electron chi connectivity index (χ4n) is 1.32. The van der Waals surface area contributed by atoms with Crippen LogP contribution in [-0.2, 0) is 0 Å². The number of hydrazine groups is 1. The molecular weight excluding hydrogens is 128 g/mol. The van der Waals surface area contributed by atoms with E-state index in [1.165, 1.54) is 0 Å². The van der Waals surface area contributed by atoms with Crippen molar-refractivity contribution in [1.29, 1.82) is 0 Å². The molecule has 1 aliphatic heterocycles. The van der Waals surface area contributed by atoms with E-state index in [1.807, 2.05) is 5.01 Å². The molecule has 3 nitrogen and oxygen atoms in total. The highest BCUT2D eigenvalue weighted by Gasteiger charge is 2.09. The summed E-state index contributed by atoms with van der Waals surface area (Å²) in [6, 6.07) is 0. The van der Waals surface area contributed by atoms with Gasteiger partial charge in [-0.05, 0) is 25.7 Å². The van der Waals surface area contributed by atoms with Crippen molar-refractivity contribution < 1.29 is 5.11 Å². The predicted octanol–water partition coefficient (Wildman–Crippen LogP) is 0.0970. The van der Waals surface area contributed by atoms with Crippen LogP contribution in [0, 0.1) is 0 Å². The van der Waals surface area contributed by atoms with Gasteiger partial charge in [-0.1, -0.05) is 0 Å². The van der Waals surface area contributed by atoms with Crippen molar-refractivity contribution in [2.45, 2.75) is 31.8 Å². The van der Waals surface area contributed by atoms with Crippen LogP contribution in [0.25, 0.3) is 0 Å². The summed E-state index contributed by atoms with van der Waals surface area (Å²) in [5.74, 6) is 5.60. The van der Waals surface area contributed by atoms with Crippen molar-refractivity contribution in [3.63, 3.8) is 0 Å². The van der Waals surface area contributed by atoms with Crippen molar-refractivity contribution in [2.24, 2.45) is 5.84 Å². The number of hydrogen-bond donors (Lipinski definition) is 2. The quantitative estimate of drug-likeness (QED) is 0.474. The Labute approximate surface area is 61.8 Å². The van der Waals surface area contributed by atoms with Gasteiger partial charge < -0.3 is 5.11 Å². The minimum Gasteiger partial charge on any atom is -0.393 e. The molecule has 1 saturated heterocycles. The normalized spacial score (nSPS) is 25.8. The second-order valence-corrected chi connectivity index (χ2v) is 2.97. The third-order valence-corrected chi connectivity index (χ3v) is 1.97. The van der Waals surface area contributed by atoms with Crippen LogP contribution in [0.5, 0.6) is 0 Å². The van der Waals surface area contributed by atoms with E-state index < -0.39 is 0 Å². The Balaban J connectivity index is 2.21. The fourth-order valence-corrected chi connectivity index (χ4v) is 1.32. The molecule has 1 rings (SSSR count). The second kappa shape index (κ2) is 3.91. The molecule has 10 heavy (non-hydrogen) atoms. The smallest absolute Gasteiger partial charge is 0.0541 e. The largest absolute Gasteiger partial charge is 0.393 e. The Kier molecular flexibility index (Phi) is 3.12. The van der Waals surface area contributed by atoms with Gasteiger partial charge >= 0.3 is 0 Å². The average Bonchev–Trinajstić information content (AvgIpc) is 1.84. The lowest BCUT2D eigenvalue weighted by molar-refractivity contribution is 0.121. The molecule has 1 aliphatic rings. The van der Waals surface area contributed by atoms with Gasteiger partial charge in [-0.2, -0.15) is 0 Å². The van der Waals surface area contributed by atoms with E-state index >= 15 is 0 Å². The summed E-state index contributed by atoms with van der Waals surface area (Å²) < 4.78 is 0. The third-order valence-electron chi connectivity index (χ3n) is 1.97. The minimum atomic E-state index is -0.0753. The van der Waals surface area contributed by atoms with Crippen LogP contribution in [0.2, 0.25) is 0 Å². The highest BCUT2D eigenvalue weighted by molar-refractivity contribution is 4.62. The van der Waals surface area contributed by atoms with Crippen molar-refractivity contribution in [1.82, 2.24) is 5.01 Å². The zero-order chi connectivity index (χ0) is 7.40. The Morgan fingerprint density at radius 3 is 2.20 bits per heavy atom. The number of aliphatic hydroxyl groups excluding tert-OH is 1. The van der Waals surface area contributed by atoms with E-state index in [4.69, 9.17) is 5.84 Å². The summed E-state index contributed by atoms with van der Waals surface area (Å²) >= 11 is 0. The molecule has 3 N–H and O–H groups in total. The van der Waals surface area contributed by atoms with Crippen LogP contribution in [-0.4, -0.2) is 29.3 Å². The molecule has 0 amide bonds. The lowest BCUT2D eigenvalue weighted by Gasteiger charge is -2.21. The first-order chi connectivity index (χ1) is 4.79. The standard InChI is InChI=1S/C7H16N2O/c8-9-5-1-3-7(10)4-2-6-9/h7,10H,1-6,8H2. The minimum absolute atomic E-state index is 0.0753. The van der Waals surface area contributed by atoms with Gasteiger partial charge in [0.1, 0.15) is 0 Å². The lowest BCUT2D eigenvalue weighted by Crippen LogP contribution is -2.35. The van der Waals surface area contributed by atoms with Crippen molar-refractivity contribution >= 4 is 0 Å². The Bertz CT molecular complexity index is 77.6. The summed E-state index contributed by atoms with van der Waals surface area (Å²) in [6.07, 6.45) is 3.80. The maximum absolute atomic E-state index is 9.24. The van der Waals surface area contributed by atoms with Crippen LogP contribution in [0.3, 0.4) is 0 Å². The van der Waals surface area contributed by atoms with Gasteiger partial charge in [0.2, 0.25) is 0 Å². The van der Waals surface area contributed by atoms with E-state index in [-0.39, 0.29) is 6.10 Å². The monoisotopic (exact) mass is 144 g/mol. The summed E-state index contributed by atoms with van der Waals surface area (Å²) in [6.45, 7) is 1.86. The van der Waals surface area contributed by atoms with Crippen molar-refractivity contribution in [3.8, 4) is 0 Å². The summed E-state index contributed by atoms with van der Waals surface area (Å²) in [4.78, 5) is 0. The summed E-state index contributed by atoms with van der Waals surface area (Å²) in [7, 11) is 0. The van der Waals surface area contributed by atoms with Crippen LogP contribution in [0.1, 0.15) is 25.7 Å². The fraction of sp³-hybridized carbons (Fsp3) is 1.00. The average molecular weight is 144 g/mol. The molecule has 60 valence electrons. The first-order valence-electron chi connectivity index (χ1n) is 3.97. The maximum Gasteiger partial charge on any atom is 0.0541 e. The van der Waals surface area contributed by atoms with Gasteiger partial charge in [-0.25, -0.2) is 5.01 Å². The molecule has 3 heteroatoms. The molecule has 1 fully saturated rings. The predicted molar refractivity (Wildman–Crippen MR) is 40.2 cm³/mol.